The molecule has 0 fully saturated rings. The van der Waals surface area contributed by atoms with E-state index in [9.17, 15) is 14.4 Å². The first-order valence-electron chi connectivity index (χ1n) is 11.8. The zero-order valence-electron chi connectivity index (χ0n) is 19.9. The summed E-state index contributed by atoms with van der Waals surface area (Å²) in [5, 5.41) is 0.664. The van der Waals surface area contributed by atoms with Crippen molar-refractivity contribution in [2.24, 2.45) is 0 Å². The fourth-order valence-corrected chi connectivity index (χ4v) is 5.47. The molecule has 0 N–H and O–H groups in total. The van der Waals surface area contributed by atoms with Crippen LogP contribution in [0.25, 0.3) is 10.9 Å². The molecule has 0 unspecified atom stereocenters. The molecule has 0 radical (unpaired) electrons. The normalized spacial score (nSPS) is 19.0. The first kappa shape index (κ1) is 24.0. The summed E-state index contributed by atoms with van der Waals surface area (Å²) in [5.74, 6) is -2.42. The zero-order valence-corrected chi connectivity index (χ0v) is 21.4. The molecule has 0 spiro atoms. The van der Waals surface area contributed by atoms with Crippen LogP contribution in [0.5, 0.6) is 5.88 Å². The highest BCUT2D eigenvalue weighted by atomic mass is 79.9. The minimum Gasteiger partial charge on any atom is -0.465 e. The predicted octanol–water partition coefficient (Wildman–Crippen LogP) is 6.01. The highest BCUT2D eigenvalue weighted by Gasteiger charge is 2.58. The van der Waals surface area contributed by atoms with Crippen LogP contribution in [0.4, 0.5) is 0 Å². The topological polar surface area (TPSA) is 74.6 Å². The number of hydrogen-bond acceptors (Lipinski definition) is 5. The van der Waals surface area contributed by atoms with Gasteiger partial charge in [0.15, 0.2) is 0 Å². The standard InChI is InChI=1S/C29H24BrNO5/c1-3-29(19-14-16-20(30)17-15-19)24(27(33)35-4-2)23-21-12-8-9-13-22(21)31(26(23)36-28(29)34)25(32)18-10-6-5-7-11-18/h5-17,24H,3-4H2,1-2H3/t24-,29-/m1/s1. The highest BCUT2D eigenvalue weighted by molar-refractivity contribution is 9.10. The van der Waals surface area contributed by atoms with Crippen LogP contribution in [0.3, 0.4) is 0 Å². The van der Waals surface area contributed by atoms with Gasteiger partial charge in [-0.05, 0) is 49.2 Å². The first-order valence-corrected chi connectivity index (χ1v) is 12.6. The lowest BCUT2D eigenvalue weighted by molar-refractivity contribution is -0.156. The van der Waals surface area contributed by atoms with Gasteiger partial charge in [-0.1, -0.05) is 71.4 Å². The fourth-order valence-electron chi connectivity index (χ4n) is 5.20. The Hall–Kier alpha value is -3.71. The molecule has 2 heterocycles. The Balaban J connectivity index is 1.84. The van der Waals surface area contributed by atoms with Crippen LogP contribution in [-0.2, 0) is 19.7 Å². The number of fused-ring (bicyclic) bond motifs is 3. The van der Waals surface area contributed by atoms with Gasteiger partial charge in [-0.3, -0.25) is 14.4 Å². The summed E-state index contributed by atoms with van der Waals surface area (Å²) >= 11 is 3.44. The van der Waals surface area contributed by atoms with Gasteiger partial charge < -0.3 is 9.47 Å². The van der Waals surface area contributed by atoms with Crippen molar-refractivity contribution in [1.29, 1.82) is 0 Å². The molecule has 7 heteroatoms. The SMILES string of the molecule is CCOC(=O)[C@H]1c2c(n(C(=O)c3ccccc3)c3ccccc23)OC(=O)[C@]1(CC)c1ccc(Br)cc1. The molecule has 0 bridgehead atoms. The lowest BCUT2D eigenvalue weighted by Gasteiger charge is -2.40. The number of carbonyl (C=O) groups excluding carboxylic acids is 3. The van der Waals surface area contributed by atoms with Crippen molar-refractivity contribution in [1.82, 2.24) is 4.57 Å². The highest BCUT2D eigenvalue weighted by Crippen LogP contribution is 2.53. The van der Waals surface area contributed by atoms with Crippen molar-refractivity contribution < 1.29 is 23.9 Å². The quantitative estimate of drug-likeness (QED) is 0.287. The third-order valence-electron chi connectivity index (χ3n) is 6.87. The van der Waals surface area contributed by atoms with Gasteiger partial charge in [-0.2, -0.15) is 0 Å². The molecule has 2 atom stereocenters. The smallest absolute Gasteiger partial charge is 0.324 e. The van der Waals surface area contributed by atoms with Gasteiger partial charge >= 0.3 is 11.9 Å². The monoisotopic (exact) mass is 545 g/mol. The van der Waals surface area contributed by atoms with Gasteiger partial charge in [0.1, 0.15) is 11.3 Å². The van der Waals surface area contributed by atoms with Crippen molar-refractivity contribution in [3.63, 3.8) is 0 Å². The van der Waals surface area contributed by atoms with Crippen molar-refractivity contribution in [3.05, 3.63) is 100 Å². The van der Waals surface area contributed by atoms with Gasteiger partial charge in [0, 0.05) is 21.0 Å². The summed E-state index contributed by atoms with van der Waals surface area (Å²) < 4.78 is 13.8. The van der Waals surface area contributed by atoms with Gasteiger partial charge in [0.05, 0.1) is 12.1 Å². The van der Waals surface area contributed by atoms with E-state index < -0.39 is 23.3 Å². The van der Waals surface area contributed by atoms with E-state index >= 15 is 0 Å². The average Bonchev–Trinajstić information content (AvgIpc) is 3.22. The number of rotatable bonds is 5. The number of carbonyl (C=O) groups is 3. The number of ether oxygens (including phenoxy) is 2. The Morgan fingerprint density at radius 2 is 1.64 bits per heavy atom. The van der Waals surface area contributed by atoms with Gasteiger partial charge in [0.25, 0.3) is 5.91 Å². The lowest BCUT2D eigenvalue weighted by atomic mass is 9.64. The summed E-state index contributed by atoms with van der Waals surface area (Å²) in [5.41, 5.74) is 0.794. The Morgan fingerprint density at radius 1 is 0.972 bits per heavy atom. The minimum absolute atomic E-state index is 0.0642. The number of hydrogen-bond donors (Lipinski definition) is 0. The fraction of sp³-hybridized carbons (Fsp3) is 0.207. The van der Waals surface area contributed by atoms with Crippen LogP contribution < -0.4 is 4.74 Å². The first-order chi connectivity index (χ1) is 17.4. The van der Waals surface area contributed by atoms with Crippen molar-refractivity contribution in [2.45, 2.75) is 31.6 Å². The molecule has 1 aliphatic rings. The minimum atomic E-state index is -1.33. The van der Waals surface area contributed by atoms with E-state index in [2.05, 4.69) is 15.9 Å². The van der Waals surface area contributed by atoms with E-state index in [-0.39, 0.29) is 18.4 Å². The summed E-state index contributed by atoms with van der Waals surface area (Å²) in [6.07, 6.45) is 0.294. The largest absolute Gasteiger partial charge is 0.465 e. The second-order valence-corrected chi connectivity index (χ2v) is 9.56. The van der Waals surface area contributed by atoms with Crippen LogP contribution in [0.1, 0.15) is 47.7 Å². The summed E-state index contributed by atoms with van der Waals surface area (Å²) in [6, 6.07) is 23.4. The maximum absolute atomic E-state index is 13.9. The number of halogens is 1. The molecule has 36 heavy (non-hydrogen) atoms. The van der Waals surface area contributed by atoms with Gasteiger partial charge in [-0.25, -0.2) is 4.57 Å². The predicted molar refractivity (Wildman–Crippen MR) is 139 cm³/mol. The van der Waals surface area contributed by atoms with E-state index in [1.807, 2.05) is 55.5 Å². The summed E-state index contributed by atoms with van der Waals surface area (Å²) in [7, 11) is 0. The molecule has 0 saturated carbocycles. The number of benzene rings is 3. The molecule has 6 nitrogen and oxygen atoms in total. The number of esters is 2. The van der Waals surface area contributed by atoms with Gasteiger partial charge in [0.2, 0.25) is 5.88 Å². The molecule has 4 aromatic rings. The third kappa shape index (κ3) is 3.57. The zero-order chi connectivity index (χ0) is 25.4. The van der Waals surface area contributed by atoms with Crippen LogP contribution >= 0.6 is 15.9 Å². The number of aromatic nitrogens is 1. The second kappa shape index (κ2) is 9.39. The third-order valence-corrected chi connectivity index (χ3v) is 7.40. The maximum Gasteiger partial charge on any atom is 0.324 e. The molecule has 0 saturated heterocycles. The van der Waals surface area contributed by atoms with Crippen molar-refractivity contribution in [2.75, 3.05) is 6.61 Å². The molecule has 0 aliphatic carbocycles. The summed E-state index contributed by atoms with van der Waals surface area (Å²) in [6.45, 7) is 3.74. The summed E-state index contributed by atoms with van der Waals surface area (Å²) in [4.78, 5) is 41.3. The van der Waals surface area contributed by atoms with E-state index in [1.165, 1.54) is 4.57 Å². The van der Waals surface area contributed by atoms with Crippen LogP contribution in [0.15, 0.2) is 83.3 Å². The van der Waals surface area contributed by atoms with Crippen molar-refractivity contribution in [3.8, 4) is 5.88 Å². The molecular formula is C29H24BrNO5. The van der Waals surface area contributed by atoms with E-state index in [0.29, 0.717) is 34.0 Å². The molecule has 0 amide bonds. The Morgan fingerprint density at radius 3 is 2.31 bits per heavy atom. The van der Waals surface area contributed by atoms with E-state index in [1.54, 1.807) is 37.3 Å². The molecule has 1 aromatic heterocycles. The van der Waals surface area contributed by atoms with Crippen LogP contribution in [-0.4, -0.2) is 29.0 Å². The molecule has 5 rings (SSSR count). The van der Waals surface area contributed by atoms with E-state index in [4.69, 9.17) is 9.47 Å². The molecule has 182 valence electrons. The number of nitrogens with zero attached hydrogens (tertiary/aromatic N) is 1. The molecule has 1 aliphatic heterocycles. The van der Waals surface area contributed by atoms with Gasteiger partial charge in [-0.15, -0.1) is 0 Å². The Kier molecular flexibility index (Phi) is 6.26. The van der Waals surface area contributed by atoms with E-state index in [0.717, 1.165) is 4.47 Å². The molecular weight excluding hydrogens is 522 g/mol. The maximum atomic E-state index is 13.9. The number of para-hydroxylation sites is 1. The second-order valence-electron chi connectivity index (χ2n) is 8.65. The average molecular weight is 546 g/mol. The lowest BCUT2D eigenvalue weighted by Crippen LogP contribution is -2.50. The van der Waals surface area contributed by atoms with Crippen LogP contribution in [0, 0.1) is 0 Å². The Labute approximate surface area is 217 Å². The molecule has 3 aromatic carbocycles. The Bertz CT molecular complexity index is 1480. The van der Waals surface area contributed by atoms with Crippen molar-refractivity contribution >= 4 is 44.7 Å². The van der Waals surface area contributed by atoms with Crippen LogP contribution in [0.2, 0.25) is 0 Å².